The van der Waals surface area contributed by atoms with Gasteiger partial charge in [-0.1, -0.05) is 29.6 Å². The van der Waals surface area contributed by atoms with E-state index in [2.05, 4.69) is 25.0 Å². The molecule has 0 aliphatic carbocycles. The minimum Gasteiger partial charge on any atom is -0.377 e. The maximum atomic E-state index is 14.8. The Morgan fingerprint density at radius 1 is 1.20 bits per heavy atom. The Morgan fingerprint density at radius 2 is 1.95 bits per heavy atom. The van der Waals surface area contributed by atoms with Crippen LogP contribution in [0.25, 0.3) is 10.9 Å². The van der Waals surface area contributed by atoms with E-state index in [-0.39, 0.29) is 46.1 Å². The monoisotopic (exact) mass is 640 g/mol. The van der Waals surface area contributed by atoms with Crippen LogP contribution in [0.3, 0.4) is 0 Å². The molecule has 14 heteroatoms. The highest BCUT2D eigenvalue weighted by atomic mass is 35.5. The minimum absolute atomic E-state index is 0.0149. The summed E-state index contributed by atoms with van der Waals surface area (Å²) in [5.74, 6) is -0.105. The smallest absolute Gasteiger partial charge is 0.281 e. The molecule has 0 radical (unpaired) electrons. The van der Waals surface area contributed by atoms with E-state index in [1.807, 2.05) is 26.0 Å². The van der Waals surface area contributed by atoms with Gasteiger partial charge in [-0.2, -0.15) is 5.10 Å². The first-order valence-corrected chi connectivity index (χ1v) is 16.1. The van der Waals surface area contributed by atoms with Gasteiger partial charge >= 0.3 is 0 Å². The van der Waals surface area contributed by atoms with Gasteiger partial charge in [0.25, 0.3) is 11.5 Å². The van der Waals surface area contributed by atoms with Crippen molar-refractivity contribution in [2.75, 3.05) is 42.8 Å². The van der Waals surface area contributed by atoms with Crippen molar-refractivity contribution in [3.8, 4) is 0 Å². The number of amides is 1. The standard InChI is InChI=1S/C30H34ClFN8O3S/c1-16-11-20(17(2)33-23-5-6-24(31)34-27(23)28(41)37-44-4)26-21(12-16)29(42)38(3)30(35-26)39-9-7-18(8-10-39)25-22(32)13-40(36-25)19-14-43-15-19/h5-6,11-13,17-19,33H,7-10,14-15H2,1-4H3,(H,37,41). The number of hydrogen-bond acceptors (Lipinski definition) is 9. The molecule has 2 fully saturated rings. The van der Waals surface area contributed by atoms with Crippen molar-refractivity contribution in [3.63, 3.8) is 0 Å². The molecular weight excluding hydrogens is 607 g/mol. The van der Waals surface area contributed by atoms with E-state index in [1.165, 1.54) is 18.1 Å². The molecule has 0 spiro atoms. The maximum absolute atomic E-state index is 14.8. The summed E-state index contributed by atoms with van der Waals surface area (Å²) in [5, 5.41) is 8.66. The fourth-order valence-electron chi connectivity index (χ4n) is 5.91. The van der Waals surface area contributed by atoms with Crippen LogP contribution in [-0.4, -0.2) is 62.8 Å². The van der Waals surface area contributed by atoms with Crippen LogP contribution in [0.2, 0.25) is 5.15 Å². The Kier molecular flexibility index (Phi) is 8.53. The fraction of sp³-hybridized carbons (Fsp3) is 0.433. The van der Waals surface area contributed by atoms with Gasteiger partial charge in [-0.3, -0.25) is 23.6 Å². The number of benzene rings is 1. The number of aromatic nitrogens is 5. The third-order valence-corrected chi connectivity index (χ3v) is 8.91. The predicted molar refractivity (Wildman–Crippen MR) is 170 cm³/mol. The number of piperidine rings is 1. The van der Waals surface area contributed by atoms with E-state index in [0.29, 0.717) is 67.4 Å². The van der Waals surface area contributed by atoms with Crippen molar-refractivity contribution in [2.24, 2.45) is 7.05 Å². The number of anilines is 2. The molecule has 6 rings (SSSR count). The number of nitrogens with one attached hydrogen (secondary N) is 2. The van der Waals surface area contributed by atoms with Crippen molar-refractivity contribution < 1.29 is 13.9 Å². The highest BCUT2D eigenvalue weighted by molar-refractivity contribution is 7.97. The second kappa shape index (κ2) is 12.4. The molecule has 3 aromatic heterocycles. The van der Waals surface area contributed by atoms with Gasteiger partial charge < -0.3 is 15.0 Å². The molecule has 232 valence electrons. The van der Waals surface area contributed by atoms with Crippen LogP contribution in [0.4, 0.5) is 16.0 Å². The zero-order chi connectivity index (χ0) is 31.1. The van der Waals surface area contributed by atoms with E-state index in [1.54, 1.807) is 34.7 Å². The van der Waals surface area contributed by atoms with E-state index in [9.17, 15) is 14.0 Å². The van der Waals surface area contributed by atoms with Gasteiger partial charge in [0.05, 0.1) is 48.1 Å². The zero-order valence-electron chi connectivity index (χ0n) is 24.9. The Bertz CT molecular complexity index is 1780. The molecule has 1 amide bonds. The van der Waals surface area contributed by atoms with Gasteiger partial charge in [-0.05, 0) is 50.5 Å². The third-order valence-electron chi connectivity index (χ3n) is 8.31. The molecule has 4 aromatic rings. The number of hydrogen-bond donors (Lipinski definition) is 2. The van der Waals surface area contributed by atoms with Crippen LogP contribution in [0.15, 0.2) is 35.3 Å². The molecule has 11 nitrogen and oxygen atoms in total. The topological polar surface area (TPSA) is 119 Å². The molecule has 2 aliphatic rings. The first kappa shape index (κ1) is 30.4. The summed E-state index contributed by atoms with van der Waals surface area (Å²) in [5.41, 5.74) is 3.34. The Balaban J connectivity index is 1.29. The average molecular weight is 641 g/mol. The quantitative estimate of drug-likeness (QED) is 0.207. The molecule has 1 aromatic carbocycles. The lowest BCUT2D eigenvalue weighted by molar-refractivity contribution is -0.0289. The number of halogens is 2. The van der Waals surface area contributed by atoms with Crippen LogP contribution in [-0.2, 0) is 11.8 Å². The first-order chi connectivity index (χ1) is 21.1. The molecule has 0 bridgehead atoms. The number of pyridine rings is 1. The first-order valence-electron chi connectivity index (χ1n) is 14.5. The Morgan fingerprint density at radius 3 is 2.64 bits per heavy atom. The number of nitrogens with zero attached hydrogens (tertiary/aromatic N) is 6. The summed E-state index contributed by atoms with van der Waals surface area (Å²) in [6, 6.07) is 6.95. The van der Waals surface area contributed by atoms with Crippen LogP contribution in [0, 0.1) is 12.7 Å². The second-order valence-corrected chi connectivity index (χ2v) is 12.4. The molecule has 2 saturated heterocycles. The van der Waals surface area contributed by atoms with E-state index >= 15 is 0 Å². The molecule has 44 heavy (non-hydrogen) atoms. The fourth-order valence-corrected chi connectivity index (χ4v) is 6.34. The van der Waals surface area contributed by atoms with Crippen molar-refractivity contribution in [3.05, 3.63) is 74.3 Å². The lowest BCUT2D eigenvalue weighted by Gasteiger charge is -2.33. The lowest BCUT2D eigenvalue weighted by Crippen LogP contribution is -2.38. The van der Waals surface area contributed by atoms with Crippen molar-refractivity contribution in [2.45, 2.75) is 44.7 Å². The number of ether oxygens (including phenoxy) is 1. The average Bonchev–Trinajstić information content (AvgIpc) is 3.35. The van der Waals surface area contributed by atoms with Gasteiger partial charge in [0, 0.05) is 37.9 Å². The molecule has 2 N–H and O–H groups in total. The summed E-state index contributed by atoms with van der Waals surface area (Å²) in [7, 11) is 1.73. The number of fused-ring (bicyclic) bond motifs is 1. The molecule has 0 saturated carbocycles. The minimum atomic E-state index is -0.370. The SMILES string of the molecule is CSNC(=O)c1nc(Cl)ccc1NC(C)c1cc(C)cc2c(=O)n(C)c(N3CCC(c4nn(C5COC5)cc4F)CC3)nc12. The number of rotatable bonds is 8. The highest BCUT2D eigenvalue weighted by Crippen LogP contribution is 2.33. The number of carbonyl (C=O) groups excluding carboxylic acids is 1. The van der Waals surface area contributed by atoms with Crippen molar-refractivity contribution in [1.82, 2.24) is 29.0 Å². The normalized spacial score (nSPS) is 16.6. The summed E-state index contributed by atoms with van der Waals surface area (Å²) >= 11 is 7.28. The lowest BCUT2D eigenvalue weighted by atomic mass is 9.93. The molecule has 1 atom stereocenters. The zero-order valence-corrected chi connectivity index (χ0v) is 26.5. The van der Waals surface area contributed by atoms with Gasteiger partial charge in [-0.15, -0.1) is 0 Å². The molecule has 1 unspecified atom stereocenters. The highest BCUT2D eigenvalue weighted by Gasteiger charge is 2.30. The molecule has 5 heterocycles. The van der Waals surface area contributed by atoms with Crippen LogP contribution < -0.4 is 20.5 Å². The van der Waals surface area contributed by atoms with E-state index < -0.39 is 0 Å². The number of aryl methyl sites for hydroxylation is 1. The van der Waals surface area contributed by atoms with Gasteiger partial charge in [0.15, 0.2) is 11.5 Å². The van der Waals surface area contributed by atoms with Crippen LogP contribution in [0.5, 0.6) is 0 Å². The molecular formula is C30H34ClFN8O3S. The summed E-state index contributed by atoms with van der Waals surface area (Å²) < 4.78 is 26.0. The van der Waals surface area contributed by atoms with Crippen molar-refractivity contribution in [1.29, 1.82) is 0 Å². The van der Waals surface area contributed by atoms with E-state index in [4.69, 9.17) is 21.3 Å². The Labute approximate surface area is 263 Å². The third kappa shape index (κ3) is 5.75. The largest absolute Gasteiger partial charge is 0.377 e. The van der Waals surface area contributed by atoms with Gasteiger partial charge in [0.1, 0.15) is 10.8 Å². The summed E-state index contributed by atoms with van der Waals surface area (Å²) in [6.07, 6.45) is 4.60. The maximum Gasteiger partial charge on any atom is 0.281 e. The van der Waals surface area contributed by atoms with Crippen LogP contribution in [0.1, 0.15) is 65.1 Å². The summed E-state index contributed by atoms with van der Waals surface area (Å²) in [6.45, 7) is 6.21. The molecule has 2 aliphatic heterocycles. The Hall–Kier alpha value is -3.68. The summed E-state index contributed by atoms with van der Waals surface area (Å²) in [4.78, 5) is 37.8. The van der Waals surface area contributed by atoms with Crippen LogP contribution >= 0.6 is 23.5 Å². The van der Waals surface area contributed by atoms with Gasteiger partial charge in [-0.25, -0.2) is 14.4 Å². The predicted octanol–water partition coefficient (Wildman–Crippen LogP) is 4.76. The van der Waals surface area contributed by atoms with Gasteiger partial charge in [0.2, 0.25) is 5.95 Å². The number of carbonyl (C=O) groups is 1. The van der Waals surface area contributed by atoms with E-state index in [0.717, 1.165) is 11.1 Å². The van der Waals surface area contributed by atoms with Crippen molar-refractivity contribution >= 4 is 52.0 Å². The second-order valence-electron chi connectivity index (χ2n) is 11.4.